The highest BCUT2D eigenvalue weighted by molar-refractivity contribution is 5.85. The minimum Gasteiger partial charge on any atom is -0.355 e. The van der Waals surface area contributed by atoms with Crippen LogP contribution in [0.4, 0.5) is 0 Å². The van der Waals surface area contributed by atoms with E-state index in [-0.39, 0.29) is 24.4 Å². The number of carbonyl (C=O) groups excluding carboxylic acids is 1. The van der Waals surface area contributed by atoms with Gasteiger partial charge in [-0.2, -0.15) is 0 Å². The van der Waals surface area contributed by atoms with Crippen molar-refractivity contribution in [1.82, 2.24) is 15.5 Å². The number of likely N-dealkylation sites (N-methyl/N-ethyl adjacent to an activating group) is 1. The second-order valence-electron chi connectivity index (χ2n) is 4.59. The van der Waals surface area contributed by atoms with Crippen LogP contribution in [0.5, 0.6) is 0 Å². The Kier molecular flexibility index (Phi) is 8.56. The number of nitrogens with zero attached hydrogens (tertiary/aromatic N) is 1. The molecule has 0 radical (unpaired) electrons. The molecule has 4 nitrogen and oxygen atoms in total. The first-order chi connectivity index (χ1) is 7.69. The molecule has 0 aromatic carbocycles. The van der Waals surface area contributed by atoms with Crippen LogP contribution in [-0.2, 0) is 4.79 Å². The summed E-state index contributed by atoms with van der Waals surface area (Å²) in [5.41, 5.74) is 0. The fraction of sp³-hybridized carbons (Fsp3) is 0.917. The third-order valence-corrected chi connectivity index (χ3v) is 3.34. The Morgan fingerprint density at radius 1 is 1.53 bits per heavy atom. The van der Waals surface area contributed by atoms with Crippen molar-refractivity contribution in [3.8, 4) is 0 Å². The summed E-state index contributed by atoms with van der Waals surface area (Å²) in [6.45, 7) is 6.88. The van der Waals surface area contributed by atoms with Crippen molar-refractivity contribution in [2.75, 3.05) is 26.7 Å². The summed E-state index contributed by atoms with van der Waals surface area (Å²) < 4.78 is 0. The van der Waals surface area contributed by atoms with Gasteiger partial charge in [-0.05, 0) is 39.8 Å². The molecule has 2 atom stereocenters. The molecule has 1 aliphatic heterocycles. The highest BCUT2D eigenvalue weighted by Crippen LogP contribution is 2.12. The molecule has 1 aliphatic rings. The lowest BCUT2D eigenvalue weighted by atomic mass is 10.0. The molecule has 1 amide bonds. The van der Waals surface area contributed by atoms with Gasteiger partial charge in [0.2, 0.25) is 5.91 Å². The summed E-state index contributed by atoms with van der Waals surface area (Å²) in [6, 6.07) is 0.540. The molecule has 0 bridgehead atoms. The molecule has 17 heavy (non-hydrogen) atoms. The summed E-state index contributed by atoms with van der Waals surface area (Å²) in [4.78, 5) is 14.1. The topological polar surface area (TPSA) is 44.4 Å². The molecular formula is C12H26ClN3O. The van der Waals surface area contributed by atoms with Crippen molar-refractivity contribution >= 4 is 18.3 Å². The molecule has 0 aliphatic carbocycles. The number of piperidine rings is 1. The zero-order valence-corrected chi connectivity index (χ0v) is 12.0. The van der Waals surface area contributed by atoms with E-state index in [1.165, 1.54) is 12.8 Å². The summed E-state index contributed by atoms with van der Waals surface area (Å²) in [5.74, 6) is 0.165. The van der Waals surface area contributed by atoms with Gasteiger partial charge in [0.25, 0.3) is 0 Å². The SMILES string of the molecule is CCCNC(=O)C(C)N1CCCC(NC)C1.Cl. The number of hydrogen-bond donors (Lipinski definition) is 2. The number of carbonyl (C=O) groups is 1. The lowest BCUT2D eigenvalue weighted by Gasteiger charge is -2.35. The number of hydrogen-bond acceptors (Lipinski definition) is 3. The molecule has 0 aromatic rings. The van der Waals surface area contributed by atoms with Gasteiger partial charge < -0.3 is 10.6 Å². The van der Waals surface area contributed by atoms with E-state index in [1.54, 1.807) is 0 Å². The van der Waals surface area contributed by atoms with E-state index in [0.717, 1.165) is 26.1 Å². The monoisotopic (exact) mass is 263 g/mol. The zero-order chi connectivity index (χ0) is 12.0. The summed E-state index contributed by atoms with van der Waals surface area (Å²) in [7, 11) is 2.00. The van der Waals surface area contributed by atoms with Crippen molar-refractivity contribution < 1.29 is 4.79 Å². The second-order valence-corrected chi connectivity index (χ2v) is 4.59. The Bertz CT molecular complexity index is 226. The fourth-order valence-corrected chi connectivity index (χ4v) is 2.16. The Hall–Kier alpha value is -0.320. The van der Waals surface area contributed by atoms with Crippen molar-refractivity contribution in [2.45, 2.75) is 45.2 Å². The molecule has 0 spiro atoms. The molecule has 1 heterocycles. The van der Waals surface area contributed by atoms with Crippen LogP contribution in [0.2, 0.25) is 0 Å². The second kappa shape index (κ2) is 8.72. The Morgan fingerprint density at radius 2 is 2.24 bits per heavy atom. The van der Waals surface area contributed by atoms with E-state index < -0.39 is 0 Å². The van der Waals surface area contributed by atoms with E-state index in [4.69, 9.17) is 0 Å². The van der Waals surface area contributed by atoms with Gasteiger partial charge in [-0.1, -0.05) is 6.92 Å². The predicted molar refractivity (Wildman–Crippen MR) is 73.7 cm³/mol. The third-order valence-electron chi connectivity index (χ3n) is 3.34. The smallest absolute Gasteiger partial charge is 0.237 e. The maximum atomic E-state index is 11.8. The van der Waals surface area contributed by atoms with Crippen molar-refractivity contribution in [3.05, 3.63) is 0 Å². The van der Waals surface area contributed by atoms with Gasteiger partial charge in [0.05, 0.1) is 6.04 Å². The van der Waals surface area contributed by atoms with Gasteiger partial charge in [0.15, 0.2) is 0 Å². The van der Waals surface area contributed by atoms with E-state index in [1.807, 2.05) is 14.0 Å². The van der Waals surface area contributed by atoms with E-state index in [2.05, 4.69) is 22.5 Å². The van der Waals surface area contributed by atoms with Crippen LogP contribution < -0.4 is 10.6 Å². The molecule has 0 saturated carbocycles. The lowest BCUT2D eigenvalue weighted by Crippen LogP contribution is -2.52. The van der Waals surface area contributed by atoms with E-state index >= 15 is 0 Å². The zero-order valence-electron chi connectivity index (χ0n) is 11.2. The van der Waals surface area contributed by atoms with Gasteiger partial charge >= 0.3 is 0 Å². The first-order valence-electron chi connectivity index (χ1n) is 6.38. The average molecular weight is 264 g/mol. The van der Waals surface area contributed by atoms with Gasteiger partial charge in [0.1, 0.15) is 0 Å². The van der Waals surface area contributed by atoms with E-state index in [9.17, 15) is 4.79 Å². The largest absolute Gasteiger partial charge is 0.355 e. The van der Waals surface area contributed by atoms with Crippen molar-refractivity contribution in [2.24, 2.45) is 0 Å². The average Bonchev–Trinajstić information content (AvgIpc) is 2.35. The van der Waals surface area contributed by atoms with Crippen LogP contribution in [0.3, 0.4) is 0 Å². The van der Waals surface area contributed by atoms with Gasteiger partial charge in [-0.15, -0.1) is 12.4 Å². The lowest BCUT2D eigenvalue weighted by molar-refractivity contribution is -0.126. The van der Waals surface area contributed by atoms with Gasteiger partial charge in [0, 0.05) is 19.1 Å². The van der Waals surface area contributed by atoms with Crippen LogP contribution >= 0.6 is 12.4 Å². The van der Waals surface area contributed by atoms with Crippen LogP contribution in [0.15, 0.2) is 0 Å². The van der Waals surface area contributed by atoms with Crippen molar-refractivity contribution in [1.29, 1.82) is 0 Å². The molecule has 5 heteroatoms. The highest BCUT2D eigenvalue weighted by atomic mass is 35.5. The third kappa shape index (κ3) is 5.23. The number of halogens is 1. The van der Waals surface area contributed by atoms with Gasteiger partial charge in [-0.3, -0.25) is 9.69 Å². The predicted octanol–water partition coefficient (Wildman–Crippen LogP) is 1.01. The standard InChI is InChI=1S/C12H25N3O.ClH/c1-4-7-14-12(16)10(2)15-8-5-6-11(9-15)13-3;/h10-11,13H,4-9H2,1-3H3,(H,14,16);1H. The Morgan fingerprint density at radius 3 is 2.82 bits per heavy atom. The molecule has 2 N–H and O–H groups in total. The minimum absolute atomic E-state index is 0. The molecular weight excluding hydrogens is 238 g/mol. The van der Waals surface area contributed by atoms with Crippen molar-refractivity contribution in [3.63, 3.8) is 0 Å². The quantitative estimate of drug-likeness (QED) is 0.778. The number of amides is 1. The minimum atomic E-state index is 0. The first-order valence-corrected chi connectivity index (χ1v) is 6.38. The molecule has 1 rings (SSSR count). The number of rotatable bonds is 5. The normalized spacial score (nSPS) is 22.6. The maximum Gasteiger partial charge on any atom is 0.237 e. The summed E-state index contributed by atoms with van der Waals surface area (Å²) in [6.07, 6.45) is 3.39. The highest BCUT2D eigenvalue weighted by Gasteiger charge is 2.26. The van der Waals surface area contributed by atoms with E-state index in [0.29, 0.717) is 6.04 Å². The summed E-state index contributed by atoms with van der Waals surface area (Å²) in [5, 5.41) is 6.26. The molecule has 102 valence electrons. The molecule has 2 unspecified atom stereocenters. The molecule has 0 aromatic heterocycles. The summed E-state index contributed by atoms with van der Waals surface area (Å²) >= 11 is 0. The van der Waals surface area contributed by atoms with Gasteiger partial charge in [-0.25, -0.2) is 0 Å². The molecule has 1 saturated heterocycles. The van der Waals surface area contributed by atoms with Crippen LogP contribution in [0.1, 0.15) is 33.1 Å². The fourth-order valence-electron chi connectivity index (χ4n) is 2.16. The Balaban J connectivity index is 0.00000256. The first kappa shape index (κ1) is 16.7. The van der Waals surface area contributed by atoms with Crippen LogP contribution in [-0.4, -0.2) is 49.6 Å². The Labute approximate surface area is 111 Å². The number of likely N-dealkylation sites (tertiary alicyclic amines) is 1. The van der Waals surface area contributed by atoms with Crippen LogP contribution in [0, 0.1) is 0 Å². The number of nitrogens with one attached hydrogen (secondary N) is 2. The van der Waals surface area contributed by atoms with Crippen LogP contribution in [0.25, 0.3) is 0 Å². The molecule has 1 fully saturated rings. The maximum absolute atomic E-state index is 11.8.